The van der Waals surface area contributed by atoms with Gasteiger partial charge < -0.3 is 10.6 Å². The maximum Gasteiger partial charge on any atom is 0.341 e. The summed E-state index contributed by atoms with van der Waals surface area (Å²) < 4.78 is 51.4. The molecule has 4 rings (SSSR count). The van der Waals surface area contributed by atoms with Gasteiger partial charge in [0.1, 0.15) is 24.3 Å². The van der Waals surface area contributed by atoms with Gasteiger partial charge in [0.15, 0.2) is 0 Å². The van der Waals surface area contributed by atoms with Crippen LogP contribution >= 0.6 is 0 Å². The first kappa shape index (κ1) is 22.0. The Morgan fingerprint density at radius 2 is 1.73 bits per heavy atom. The SMILES string of the molecule is O=C(Nc1ccc(Nc2cc(-n3ccnc3)ncn2)cc1)c1ccccc1S(=O)(=O)C(F)F. The van der Waals surface area contributed by atoms with Gasteiger partial charge in [-0.15, -0.1) is 0 Å². The van der Waals surface area contributed by atoms with E-state index in [1.54, 1.807) is 53.6 Å². The quantitative estimate of drug-likeness (QED) is 0.423. The maximum atomic E-state index is 13.0. The number of sulfone groups is 1. The summed E-state index contributed by atoms with van der Waals surface area (Å²) in [6.07, 6.45) is 6.38. The maximum absolute atomic E-state index is 13.0. The predicted molar refractivity (Wildman–Crippen MR) is 116 cm³/mol. The van der Waals surface area contributed by atoms with Crippen LogP contribution in [0.25, 0.3) is 5.82 Å². The summed E-state index contributed by atoms with van der Waals surface area (Å²) in [6, 6.07) is 13.0. The molecule has 12 heteroatoms. The monoisotopic (exact) mass is 470 g/mol. The molecule has 2 heterocycles. The van der Waals surface area contributed by atoms with Crippen molar-refractivity contribution in [3.63, 3.8) is 0 Å². The molecule has 168 valence electrons. The van der Waals surface area contributed by atoms with Gasteiger partial charge >= 0.3 is 5.76 Å². The van der Waals surface area contributed by atoms with E-state index in [1.807, 2.05) is 0 Å². The molecule has 0 aliphatic rings. The molecular formula is C21H16F2N6O3S. The number of nitrogens with one attached hydrogen (secondary N) is 2. The fraction of sp³-hybridized carbons (Fsp3) is 0.0476. The number of imidazole rings is 1. The average molecular weight is 470 g/mol. The highest BCUT2D eigenvalue weighted by atomic mass is 32.2. The van der Waals surface area contributed by atoms with Crippen molar-refractivity contribution >= 4 is 32.9 Å². The number of benzene rings is 2. The molecule has 0 radical (unpaired) electrons. The third-order valence-electron chi connectivity index (χ3n) is 4.51. The number of amides is 1. The first-order valence-corrected chi connectivity index (χ1v) is 11.0. The number of rotatable bonds is 7. The Hall–Kier alpha value is -4.19. The summed E-state index contributed by atoms with van der Waals surface area (Å²) in [5.41, 5.74) is 0.633. The van der Waals surface area contributed by atoms with Crippen molar-refractivity contribution in [3.8, 4) is 5.82 Å². The third kappa shape index (κ3) is 4.85. The molecule has 2 N–H and O–H groups in total. The molecule has 0 fully saturated rings. The minimum Gasteiger partial charge on any atom is -0.340 e. The van der Waals surface area contributed by atoms with Gasteiger partial charge in [-0.2, -0.15) is 8.78 Å². The highest BCUT2D eigenvalue weighted by Crippen LogP contribution is 2.24. The first-order chi connectivity index (χ1) is 15.8. The fourth-order valence-corrected chi connectivity index (χ4v) is 3.86. The summed E-state index contributed by atoms with van der Waals surface area (Å²) in [7, 11) is -4.93. The summed E-state index contributed by atoms with van der Waals surface area (Å²) in [4.78, 5) is 24.1. The number of anilines is 3. The molecule has 0 bridgehead atoms. The van der Waals surface area contributed by atoms with Crippen LogP contribution in [0.2, 0.25) is 0 Å². The molecule has 4 aromatic rings. The number of hydrogen-bond donors (Lipinski definition) is 2. The van der Waals surface area contributed by atoms with E-state index in [-0.39, 0.29) is 5.56 Å². The number of halogens is 2. The van der Waals surface area contributed by atoms with Crippen molar-refractivity contribution in [2.75, 3.05) is 10.6 Å². The van der Waals surface area contributed by atoms with E-state index in [2.05, 4.69) is 25.6 Å². The van der Waals surface area contributed by atoms with E-state index in [1.165, 1.54) is 24.5 Å². The number of hydrogen-bond acceptors (Lipinski definition) is 7. The van der Waals surface area contributed by atoms with Crippen LogP contribution in [0.4, 0.5) is 26.0 Å². The van der Waals surface area contributed by atoms with Gasteiger partial charge in [-0.25, -0.2) is 23.4 Å². The van der Waals surface area contributed by atoms with E-state index in [0.29, 0.717) is 23.0 Å². The molecular weight excluding hydrogens is 454 g/mol. The number of carbonyl (C=O) groups is 1. The van der Waals surface area contributed by atoms with Crippen LogP contribution in [0.1, 0.15) is 10.4 Å². The van der Waals surface area contributed by atoms with Crippen molar-refractivity contribution in [1.82, 2.24) is 19.5 Å². The van der Waals surface area contributed by atoms with Crippen molar-refractivity contribution in [2.24, 2.45) is 0 Å². The van der Waals surface area contributed by atoms with Gasteiger partial charge in [0.2, 0.25) is 9.84 Å². The Morgan fingerprint density at radius 3 is 2.42 bits per heavy atom. The van der Waals surface area contributed by atoms with Crippen molar-refractivity contribution in [1.29, 1.82) is 0 Å². The largest absolute Gasteiger partial charge is 0.341 e. The number of alkyl halides is 2. The molecule has 1 amide bonds. The van der Waals surface area contributed by atoms with Crippen molar-refractivity contribution in [3.05, 3.63) is 85.2 Å². The molecule has 0 saturated carbocycles. The lowest BCUT2D eigenvalue weighted by Gasteiger charge is -2.11. The van der Waals surface area contributed by atoms with E-state index >= 15 is 0 Å². The van der Waals surface area contributed by atoms with Crippen LogP contribution in [0, 0.1) is 0 Å². The molecule has 9 nitrogen and oxygen atoms in total. The lowest BCUT2D eigenvalue weighted by atomic mass is 10.2. The highest BCUT2D eigenvalue weighted by molar-refractivity contribution is 7.91. The number of aromatic nitrogens is 4. The Kier molecular flexibility index (Phi) is 6.09. The predicted octanol–water partition coefficient (Wildman–Crippen LogP) is 3.65. The van der Waals surface area contributed by atoms with E-state index in [4.69, 9.17) is 0 Å². The molecule has 0 aliphatic heterocycles. The molecule has 0 spiro atoms. The van der Waals surface area contributed by atoms with Crippen LogP contribution in [-0.2, 0) is 9.84 Å². The second-order valence-corrected chi connectivity index (χ2v) is 8.58. The third-order valence-corrected chi connectivity index (χ3v) is 5.95. The average Bonchev–Trinajstić information content (AvgIpc) is 3.35. The zero-order valence-electron chi connectivity index (χ0n) is 16.8. The summed E-state index contributed by atoms with van der Waals surface area (Å²) in [6.45, 7) is 0. The molecule has 0 atom stereocenters. The number of carbonyl (C=O) groups excluding carboxylic acids is 1. The summed E-state index contributed by atoms with van der Waals surface area (Å²) >= 11 is 0. The van der Waals surface area contributed by atoms with Gasteiger partial charge in [0.05, 0.1) is 10.5 Å². The van der Waals surface area contributed by atoms with Gasteiger partial charge in [0.25, 0.3) is 5.91 Å². The lowest BCUT2D eigenvalue weighted by Crippen LogP contribution is -2.19. The second-order valence-electron chi connectivity index (χ2n) is 6.69. The van der Waals surface area contributed by atoms with Gasteiger partial charge in [-0.1, -0.05) is 12.1 Å². The first-order valence-electron chi connectivity index (χ1n) is 9.44. The highest BCUT2D eigenvalue weighted by Gasteiger charge is 2.30. The van der Waals surface area contributed by atoms with E-state index < -0.39 is 26.4 Å². The standard InChI is InChI=1S/C21H16F2N6O3S/c22-21(23)33(31,32)17-4-2-1-3-16(17)20(30)28-15-7-5-14(6-8-15)27-18-11-19(26-12-25-18)29-10-9-24-13-29/h1-13,21H,(H,28,30)(H,25,26,27). The number of nitrogens with zero attached hydrogens (tertiary/aromatic N) is 4. The lowest BCUT2D eigenvalue weighted by molar-refractivity contribution is 0.102. The van der Waals surface area contributed by atoms with Crippen LogP contribution in [0.5, 0.6) is 0 Å². The minimum atomic E-state index is -4.93. The van der Waals surface area contributed by atoms with Crippen molar-refractivity contribution in [2.45, 2.75) is 10.7 Å². The Balaban J connectivity index is 1.48. The van der Waals surface area contributed by atoms with Gasteiger partial charge in [0, 0.05) is 29.8 Å². The Labute approximate surface area is 187 Å². The van der Waals surface area contributed by atoms with Crippen LogP contribution in [0.3, 0.4) is 0 Å². The molecule has 33 heavy (non-hydrogen) atoms. The smallest absolute Gasteiger partial charge is 0.340 e. The molecule has 0 saturated heterocycles. The van der Waals surface area contributed by atoms with Gasteiger partial charge in [-0.3, -0.25) is 9.36 Å². The molecule has 2 aromatic heterocycles. The molecule has 0 unspecified atom stereocenters. The topological polar surface area (TPSA) is 119 Å². The van der Waals surface area contributed by atoms with E-state index in [9.17, 15) is 22.0 Å². The Morgan fingerprint density at radius 1 is 1.00 bits per heavy atom. The van der Waals surface area contributed by atoms with E-state index in [0.717, 1.165) is 6.07 Å². The second kappa shape index (κ2) is 9.12. The zero-order valence-corrected chi connectivity index (χ0v) is 17.6. The summed E-state index contributed by atoms with van der Waals surface area (Å²) in [5, 5.41) is 5.62. The fourth-order valence-electron chi connectivity index (χ4n) is 2.93. The van der Waals surface area contributed by atoms with Crippen LogP contribution < -0.4 is 10.6 Å². The summed E-state index contributed by atoms with van der Waals surface area (Å²) in [5.74, 6) is -3.31. The van der Waals surface area contributed by atoms with Crippen molar-refractivity contribution < 1.29 is 22.0 Å². The zero-order chi connectivity index (χ0) is 23.4. The normalized spacial score (nSPS) is 11.4. The molecule has 0 aliphatic carbocycles. The molecule has 2 aromatic carbocycles. The van der Waals surface area contributed by atoms with Crippen LogP contribution in [0.15, 0.2) is 84.5 Å². The minimum absolute atomic E-state index is 0.344. The Bertz CT molecular complexity index is 1380. The van der Waals surface area contributed by atoms with Gasteiger partial charge in [-0.05, 0) is 36.4 Å². The van der Waals surface area contributed by atoms with Crippen LogP contribution in [-0.4, -0.2) is 39.6 Å².